The summed E-state index contributed by atoms with van der Waals surface area (Å²) in [6.07, 6.45) is 1.63. The van der Waals surface area contributed by atoms with Crippen LogP contribution in [0.25, 0.3) is 6.08 Å². The zero-order chi connectivity index (χ0) is 26.1. The van der Waals surface area contributed by atoms with Crippen molar-refractivity contribution in [2.24, 2.45) is 0 Å². The van der Waals surface area contributed by atoms with E-state index in [1.165, 1.54) is 0 Å². The van der Waals surface area contributed by atoms with Crippen LogP contribution >= 0.6 is 15.9 Å². The number of carbonyl (C=O) groups is 3. The lowest BCUT2D eigenvalue weighted by Gasteiger charge is -2.33. The Labute approximate surface area is 215 Å². The van der Waals surface area contributed by atoms with E-state index in [4.69, 9.17) is 14.2 Å². The molecule has 2 rings (SSSR count). The van der Waals surface area contributed by atoms with Crippen LogP contribution in [0.1, 0.15) is 44.7 Å². The molecule has 190 valence electrons. The van der Waals surface area contributed by atoms with E-state index in [0.717, 1.165) is 0 Å². The number of esters is 3. The lowest BCUT2D eigenvalue weighted by atomic mass is 9.78. The van der Waals surface area contributed by atoms with Crippen LogP contribution in [0.2, 0.25) is 0 Å². The zero-order valence-electron chi connectivity index (χ0n) is 21.1. The summed E-state index contributed by atoms with van der Waals surface area (Å²) < 4.78 is 16.1. The maximum absolute atomic E-state index is 13.3. The first kappa shape index (κ1) is 28.3. The third-order valence-electron chi connectivity index (χ3n) is 5.17. The maximum Gasteiger partial charge on any atom is 0.345 e. The van der Waals surface area contributed by atoms with Gasteiger partial charge in [-0.15, -0.1) is 0 Å². The summed E-state index contributed by atoms with van der Waals surface area (Å²) in [5.41, 5.74) is 3.14. The van der Waals surface area contributed by atoms with Gasteiger partial charge in [-0.1, -0.05) is 24.3 Å². The number of likely N-dealkylation sites (N-methyl/N-ethyl adjacent to an activating group) is 1. The molecule has 1 heterocycles. The van der Waals surface area contributed by atoms with Crippen LogP contribution in [0.5, 0.6) is 0 Å². The minimum Gasteiger partial charge on any atom is -0.463 e. The van der Waals surface area contributed by atoms with Gasteiger partial charge < -0.3 is 24.4 Å². The minimum absolute atomic E-state index is 0.178. The molecule has 0 fully saturated rings. The number of hydrogen-bond donors (Lipinski definition) is 1. The fourth-order valence-corrected chi connectivity index (χ4v) is 4.24. The number of carbonyl (C=O) groups excluding carboxylic acids is 3. The second-order valence-electron chi connectivity index (χ2n) is 8.01. The summed E-state index contributed by atoms with van der Waals surface area (Å²) in [5, 5.41) is 3.24. The highest BCUT2D eigenvalue weighted by molar-refractivity contribution is 9.12. The van der Waals surface area contributed by atoms with Crippen LogP contribution in [-0.4, -0.2) is 63.3 Å². The lowest BCUT2D eigenvalue weighted by molar-refractivity contribution is -0.140. The monoisotopic (exact) mass is 548 g/mol. The summed E-state index contributed by atoms with van der Waals surface area (Å²) in [6.45, 7) is 7.98. The van der Waals surface area contributed by atoms with Crippen LogP contribution in [0.3, 0.4) is 0 Å². The quantitative estimate of drug-likeness (QED) is 0.267. The summed E-state index contributed by atoms with van der Waals surface area (Å²) in [7, 11) is 3.78. The molecule has 0 aromatic heterocycles. The largest absolute Gasteiger partial charge is 0.463 e. The Morgan fingerprint density at radius 2 is 1.54 bits per heavy atom. The Kier molecular flexibility index (Phi) is 10.7. The number of nitrogens with zero attached hydrogens (tertiary/aromatic N) is 1. The Bertz CT molecular complexity index is 1060. The Balaban J connectivity index is 2.83. The predicted octanol–water partition coefficient (Wildman–Crippen LogP) is 3.89. The van der Waals surface area contributed by atoms with E-state index in [-0.39, 0.29) is 24.3 Å². The maximum atomic E-state index is 13.3. The van der Waals surface area contributed by atoms with Crippen LogP contribution in [-0.2, 0) is 28.6 Å². The normalized spacial score (nSPS) is 16.2. The average molecular weight is 549 g/mol. The van der Waals surface area contributed by atoms with Crippen molar-refractivity contribution in [2.75, 3.05) is 40.5 Å². The Morgan fingerprint density at radius 1 is 0.971 bits per heavy atom. The van der Waals surface area contributed by atoms with E-state index in [1.54, 1.807) is 33.8 Å². The van der Waals surface area contributed by atoms with Gasteiger partial charge in [0.05, 0.1) is 36.9 Å². The van der Waals surface area contributed by atoms with Crippen molar-refractivity contribution < 1.29 is 28.6 Å². The number of allylic oxidation sites excluding steroid dienone is 1. The van der Waals surface area contributed by atoms with Gasteiger partial charge in [0.25, 0.3) is 0 Å². The lowest BCUT2D eigenvalue weighted by Crippen LogP contribution is -2.37. The Hall–Kier alpha value is -2.91. The molecule has 1 atom stereocenters. The first-order valence-corrected chi connectivity index (χ1v) is 12.3. The van der Waals surface area contributed by atoms with E-state index < -0.39 is 23.8 Å². The summed E-state index contributed by atoms with van der Waals surface area (Å²) in [6, 6.07) is 7.27. The highest BCUT2D eigenvalue weighted by atomic mass is 79.9. The van der Waals surface area contributed by atoms with Gasteiger partial charge in [-0.25, -0.2) is 14.4 Å². The highest BCUT2D eigenvalue weighted by Crippen LogP contribution is 2.41. The first-order chi connectivity index (χ1) is 16.7. The van der Waals surface area contributed by atoms with Gasteiger partial charge >= 0.3 is 17.9 Å². The van der Waals surface area contributed by atoms with Gasteiger partial charge in [0, 0.05) is 17.9 Å². The van der Waals surface area contributed by atoms with E-state index in [0.29, 0.717) is 40.2 Å². The van der Waals surface area contributed by atoms with Crippen molar-refractivity contribution in [1.29, 1.82) is 0 Å². The molecule has 1 aliphatic heterocycles. The second-order valence-corrected chi connectivity index (χ2v) is 8.86. The van der Waals surface area contributed by atoms with Crippen molar-refractivity contribution in [3.63, 3.8) is 0 Å². The molecule has 0 spiro atoms. The molecular formula is C26H33BrN2O6. The van der Waals surface area contributed by atoms with Gasteiger partial charge in [0.1, 0.15) is 4.48 Å². The van der Waals surface area contributed by atoms with Gasteiger partial charge in [-0.2, -0.15) is 0 Å². The van der Waals surface area contributed by atoms with E-state index in [9.17, 15) is 14.4 Å². The average Bonchev–Trinajstić information content (AvgIpc) is 2.79. The molecule has 1 unspecified atom stereocenters. The molecule has 1 N–H and O–H groups in total. The molecule has 1 aromatic carbocycles. The van der Waals surface area contributed by atoms with Crippen molar-refractivity contribution >= 4 is 39.9 Å². The number of benzene rings is 1. The zero-order valence-corrected chi connectivity index (χ0v) is 22.7. The third-order valence-corrected chi connectivity index (χ3v) is 5.72. The number of hydrogen-bond acceptors (Lipinski definition) is 8. The molecule has 0 radical (unpaired) electrons. The molecule has 0 saturated heterocycles. The molecule has 0 bridgehead atoms. The van der Waals surface area contributed by atoms with Gasteiger partial charge in [-0.05, 0) is 74.9 Å². The molecule has 9 heteroatoms. The Morgan fingerprint density at radius 3 is 2.11 bits per heavy atom. The van der Waals surface area contributed by atoms with Crippen LogP contribution in [0, 0.1) is 0 Å². The molecule has 1 aliphatic rings. The number of halogens is 1. The third kappa shape index (κ3) is 7.05. The fraction of sp³-hybridized carbons (Fsp3) is 0.423. The van der Waals surface area contributed by atoms with E-state index in [1.807, 2.05) is 43.3 Å². The van der Waals surface area contributed by atoms with Crippen molar-refractivity contribution in [2.45, 2.75) is 33.6 Å². The summed E-state index contributed by atoms with van der Waals surface area (Å²) in [4.78, 5) is 40.7. The van der Waals surface area contributed by atoms with Gasteiger partial charge in [0.15, 0.2) is 0 Å². The second kappa shape index (κ2) is 13.3. The topological polar surface area (TPSA) is 94.2 Å². The smallest absolute Gasteiger partial charge is 0.345 e. The number of dihydropyridines is 1. The van der Waals surface area contributed by atoms with Gasteiger partial charge in [0.2, 0.25) is 0 Å². The first-order valence-electron chi connectivity index (χ1n) is 11.5. The molecular weight excluding hydrogens is 516 g/mol. The summed E-state index contributed by atoms with van der Waals surface area (Å²) >= 11 is 3.29. The fourth-order valence-electron chi connectivity index (χ4n) is 3.88. The number of ether oxygens (including phenoxy) is 3. The van der Waals surface area contributed by atoms with E-state index in [2.05, 4.69) is 21.2 Å². The SMILES string of the molecule is CCOC(=O)C(Br)=Cc1ccccc1C1C(C(=O)OCC)=C(C)NC(CN(C)C)=C1C(=O)OCC. The molecule has 0 saturated carbocycles. The molecule has 1 aromatic rings. The molecule has 35 heavy (non-hydrogen) atoms. The molecule has 0 amide bonds. The summed E-state index contributed by atoms with van der Waals surface area (Å²) in [5.74, 6) is -2.35. The van der Waals surface area contributed by atoms with Crippen LogP contribution < -0.4 is 5.32 Å². The number of nitrogens with one attached hydrogen (secondary N) is 1. The predicted molar refractivity (Wildman–Crippen MR) is 137 cm³/mol. The van der Waals surface area contributed by atoms with Crippen molar-refractivity contribution in [3.05, 3.63) is 62.4 Å². The van der Waals surface area contributed by atoms with Crippen molar-refractivity contribution in [1.82, 2.24) is 10.2 Å². The highest BCUT2D eigenvalue weighted by Gasteiger charge is 2.39. The standard InChI is InChI=1S/C26H33BrN2O6/c1-7-33-24(30)19(27)14-17-12-10-11-13-18(17)22-21(25(31)34-8-2)16(4)28-20(15-29(5)6)23(22)26(32)35-9-3/h10-14,22,28H,7-9,15H2,1-6H3. The van der Waals surface area contributed by atoms with Gasteiger partial charge in [-0.3, -0.25) is 0 Å². The van der Waals surface area contributed by atoms with E-state index >= 15 is 0 Å². The minimum atomic E-state index is -0.778. The number of rotatable bonds is 10. The molecule has 8 nitrogen and oxygen atoms in total. The van der Waals surface area contributed by atoms with Crippen LogP contribution in [0.4, 0.5) is 0 Å². The van der Waals surface area contributed by atoms with Crippen LogP contribution in [0.15, 0.2) is 51.3 Å². The molecule has 0 aliphatic carbocycles. The van der Waals surface area contributed by atoms with Crippen molar-refractivity contribution in [3.8, 4) is 0 Å².